The molecule has 0 atom stereocenters. The van der Waals surface area contributed by atoms with Gasteiger partial charge in [-0.2, -0.15) is 0 Å². The van der Waals surface area contributed by atoms with Gasteiger partial charge in [0.15, 0.2) is 11.6 Å². The van der Waals surface area contributed by atoms with Crippen LogP contribution in [-0.2, 0) is 6.42 Å². The lowest BCUT2D eigenvalue weighted by molar-refractivity contribution is 0.259. The molecule has 0 amide bonds. The van der Waals surface area contributed by atoms with Crippen LogP contribution >= 0.6 is 0 Å². The number of rotatable bonds is 5. The molecule has 0 bridgehead atoms. The van der Waals surface area contributed by atoms with Crippen molar-refractivity contribution in [3.63, 3.8) is 0 Å². The Hall–Kier alpha value is -1.77. The van der Waals surface area contributed by atoms with Crippen LogP contribution < -0.4 is 0 Å². The summed E-state index contributed by atoms with van der Waals surface area (Å²) >= 11 is 0. The quantitative estimate of drug-likeness (QED) is 0.549. The van der Waals surface area contributed by atoms with Gasteiger partial charge in [0.25, 0.3) is 0 Å². The molecular formula is C22H25F3. The van der Waals surface area contributed by atoms with Crippen molar-refractivity contribution in [3.05, 3.63) is 59.3 Å². The van der Waals surface area contributed by atoms with E-state index < -0.39 is 41.1 Å². The molecule has 3 rings (SSSR count). The summed E-state index contributed by atoms with van der Waals surface area (Å²) in [5.74, 6) is -2.78. The summed E-state index contributed by atoms with van der Waals surface area (Å²) < 4.78 is 73.6. The van der Waals surface area contributed by atoms with E-state index in [0.717, 1.165) is 25.2 Å². The summed E-state index contributed by atoms with van der Waals surface area (Å²) in [7, 11) is 0. The Kier molecular flexibility index (Phi) is 4.34. The van der Waals surface area contributed by atoms with E-state index in [4.69, 9.17) is 5.48 Å². The van der Waals surface area contributed by atoms with Gasteiger partial charge in [0.1, 0.15) is 5.82 Å². The highest BCUT2D eigenvalue weighted by atomic mass is 19.2. The highest BCUT2D eigenvalue weighted by Gasteiger charge is 2.19. The first-order chi connectivity index (χ1) is 13.8. The van der Waals surface area contributed by atoms with Crippen LogP contribution in [-0.4, -0.2) is 0 Å². The van der Waals surface area contributed by atoms with Gasteiger partial charge >= 0.3 is 0 Å². The molecule has 1 saturated carbocycles. The Morgan fingerprint density at radius 2 is 1.64 bits per heavy atom. The predicted molar refractivity (Wildman–Crippen MR) is 95.8 cm³/mol. The molecule has 0 N–H and O–H groups in total. The van der Waals surface area contributed by atoms with Crippen molar-refractivity contribution in [2.24, 2.45) is 11.8 Å². The molecule has 134 valence electrons. The van der Waals surface area contributed by atoms with E-state index in [1.54, 1.807) is 6.07 Å². The summed E-state index contributed by atoms with van der Waals surface area (Å²) in [4.78, 5) is 0. The minimum absolute atomic E-state index is 0.315. The number of hydrogen-bond donors (Lipinski definition) is 0. The van der Waals surface area contributed by atoms with E-state index in [1.807, 2.05) is 0 Å². The standard InChI is InChI=1S/C22H25F3/c1-2-15-3-5-16(6-4-15)7-8-17-9-11-19(21(24)13-17)18-10-12-20(23)22(25)14-18/h9-16H,2-8H2,1H3/i10D,12D,13D,14D. The fourth-order valence-corrected chi connectivity index (χ4v) is 3.64. The van der Waals surface area contributed by atoms with Gasteiger partial charge in [-0.25, -0.2) is 13.2 Å². The highest BCUT2D eigenvalue weighted by Crippen LogP contribution is 2.33. The van der Waals surface area contributed by atoms with Crippen molar-refractivity contribution in [1.29, 1.82) is 0 Å². The first-order valence-corrected chi connectivity index (χ1v) is 8.99. The normalized spacial score (nSPS) is 22.9. The molecular weight excluding hydrogens is 321 g/mol. The van der Waals surface area contributed by atoms with Crippen LogP contribution in [0.5, 0.6) is 0 Å². The third-order valence-corrected chi connectivity index (χ3v) is 5.32. The van der Waals surface area contributed by atoms with E-state index in [9.17, 15) is 13.2 Å². The summed E-state index contributed by atoms with van der Waals surface area (Å²) in [5.41, 5.74) is -0.287. The molecule has 0 unspecified atom stereocenters. The van der Waals surface area contributed by atoms with E-state index in [0.29, 0.717) is 17.9 Å². The van der Waals surface area contributed by atoms with E-state index in [-0.39, 0.29) is 11.6 Å². The third kappa shape index (κ3) is 4.45. The average molecular weight is 350 g/mol. The third-order valence-electron chi connectivity index (χ3n) is 5.32. The number of benzene rings is 2. The van der Waals surface area contributed by atoms with Gasteiger partial charge < -0.3 is 0 Å². The smallest absolute Gasteiger partial charge is 0.159 e. The summed E-state index contributed by atoms with van der Waals surface area (Å²) in [6.45, 7) is 2.21. The molecule has 25 heavy (non-hydrogen) atoms. The lowest BCUT2D eigenvalue weighted by Gasteiger charge is -2.27. The lowest BCUT2D eigenvalue weighted by atomic mass is 9.78. The van der Waals surface area contributed by atoms with Crippen LogP contribution in [0.15, 0.2) is 36.3 Å². The van der Waals surface area contributed by atoms with E-state index in [2.05, 4.69) is 6.92 Å². The second kappa shape index (κ2) is 8.07. The Morgan fingerprint density at radius 3 is 2.36 bits per heavy atom. The average Bonchev–Trinajstić information content (AvgIpc) is 2.73. The first-order valence-electron chi connectivity index (χ1n) is 11.0. The Bertz CT molecular complexity index is 877. The monoisotopic (exact) mass is 350 g/mol. The Labute approximate surface area is 153 Å². The molecule has 0 aliphatic heterocycles. The maximum atomic E-state index is 14.9. The molecule has 0 radical (unpaired) electrons. The van der Waals surface area contributed by atoms with Crippen molar-refractivity contribution in [3.8, 4) is 11.1 Å². The molecule has 2 aromatic rings. The minimum Gasteiger partial charge on any atom is -0.206 e. The van der Waals surface area contributed by atoms with Crippen molar-refractivity contribution >= 4 is 0 Å². The molecule has 1 fully saturated rings. The van der Waals surface area contributed by atoms with Gasteiger partial charge in [-0.3, -0.25) is 0 Å². The summed E-state index contributed by atoms with van der Waals surface area (Å²) in [6.07, 6.45) is 7.36. The molecule has 1 aliphatic carbocycles. The number of aryl methyl sites for hydroxylation is 1. The van der Waals surface area contributed by atoms with Crippen LogP contribution in [0.3, 0.4) is 0 Å². The van der Waals surface area contributed by atoms with Gasteiger partial charge in [-0.1, -0.05) is 57.2 Å². The SMILES string of the molecule is [2H]c1c(CCC2CCC(CC)CC2)ccc(-c2c([2H])c([2H])c(F)c(F)c2[2H])c1F. The van der Waals surface area contributed by atoms with E-state index in [1.165, 1.54) is 25.3 Å². The van der Waals surface area contributed by atoms with E-state index >= 15 is 0 Å². The van der Waals surface area contributed by atoms with Crippen LogP contribution in [0.25, 0.3) is 11.1 Å². The molecule has 2 aromatic carbocycles. The zero-order valence-electron chi connectivity index (χ0n) is 18.4. The predicted octanol–water partition coefficient (Wildman–Crippen LogP) is 6.92. The fraction of sp³-hybridized carbons (Fsp3) is 0.455. The molecule has 0 spiro atoms. The van der Waals surface area contributed by atoms with Crippen molar-refractivity contribution < 1.29 is 18.7 Å². The Morgan fingerprint density at radius 1 is 0.920 bits per heavy atom. The summed E-state index contributed by atoms with van der Waals surface area (Å²) in [6, 6.07) is -0.234. The van der Waals surface area contributed by atoms with Crippen LogP contribution in [0.1, 0.15) is 56.5 Å². The zero-order valence-corrected chi connectivity index (χ0v) is 14.4. The number of halogens is 3. The largest absolute Gasteiger partial charge is 0.206 e. The van der Waals surface area contributed by atoms with Crippen molar-refractivity contribution in [1.82, 2.24) is 0 Å². The fourth-order valence-electron chi connectivity index (χ4n) is 3.64. The van der Waals surface area contributed by atoms with Gasteiger partial charge in [0.05, 0.1) is 5.48 Å². The maximum Gasteiger partial charge on any atom is 0.159 e. The maximum absolute atomic E-state index is 14.9. The summed E-state index contributed by atoms with van der Waals surface area (Å²) in [5, 5.41) is 0. The van der Waals surface area contributed by atoms with Crippen LogP contribution in [0.4, 0.5) is 13.2 Å². The molecule has 0 saturated heterocycles. The van der Waals surface area contributed by atoms with Crippen LogP contribution in [0.2, 0.25) is 0 Å². The second-order valence-electron chi connectivity index (χ2n) is 6.92. The topological polar surface area (TPSA) is 0 Å². The van der Waals surface area contributed by atoms with Crippen LogP contribution in [0, 0.1) is 29.3 Å². The number of hydrogen-bond acceptors (Lipinski definition) is 0. The van der Waals surface area contributed by atoms with Crippen molar-refractivity contribution in [2.45, 2.75) is 51.9 Å². The van der Waals surface area contributed by atoms with Gasteiger partial charge in [-0.15, -0.1) is 0 Å². The minimum atomic E-state index is -1.59. The molecule has 0 nitrogen and oxygen atoms in total. The second-order valence-corrected chi connectivity index (χ2v) is 6.92. The molecule has 0 aromatic heterocycles. The zero-order chi connectivity index (χ0) is 21.3. The molecule has 1 aliphatic rings. The highest BCUT2D eigenvalue weighted by molar-refractivity contribution is 5.64. The Balaban J connectivity index is 1.84. The molecule has 3 heteroatoms. The van der Waals surface area contributed by atoms with Gasteiger partial charge in [0.2, 0.25) is 0 Å². The van der Waals surface area contributed by atoms with Gasteiger partial charge in [0, 0.05) is 5.56 Å². The lowest BCUT2D eigenvalue weighted by Crippen LogP contribution is -2.14. The van der Waals surface area contributed by atoms with Gasteiger partial charge in [-0.05, 0) is 53.9 Å². The van der Waals surface area contributed by atoms with Crippen molar-refractivity contribution in [2.75, 3.05) is 0 Å². The molecule has 0 heterocycles. The first kappa shape index (κ1) is 13.4.